The van der Waals surface area contributed by atoms with Gasteiger partial charge in [0.25, 0.3) is 0 Å². The van der Waals surface area contributed by atoms with Crippen molar-refractivity contribution >= 4 is 21.6 Å². The Morgan fingerprint density at radius 3 is 2.67 bits per heavy atom. The molecule has 0 aliphatic rings. The van der Waals surface area contributed by atoms with Crippen molar-refractivity contribution in [1.82, 2.24) is 0 Å². The summed E-state index contributed by atoms with van der Waals surface area (Å²) in [4.78, 5) is 0. The molecule has 18 heavy (non-hydrogen) atoms. The Morgan fingerprint density at radius 2 is 1.94 bits per heavy atom. The van der Waals surface area contributed by atoms with Gasteiger partial charge in [-0.25, -0.2) is 4.39 Å². The first-order valence-electron chi connectivity index (χ1n) is 5.52. The second-order valence-corrected chi connectivity index (χ2v) is 4.62. The monoisotopic (exact) mass is 309 g/mol. The normalized spacial score (nSPS) is 10.2. The average molecular weight is 310 g/mol. The zero-order chi connectivity index (χ0) is 13.0. The molecule has 0 spiro atoms. The number of rotatable bonds is 4. The predicted molar refractivity (Wildman–Crippen MR) is 74.4 cm³/mol. The SMILES string of the molecule is COc1ccccc1CNc1c(F)cccc1Br. The Labute approximate surface area is 114 Å². The molecule has 0 atom stereocenters. The summed E-state index contributed by atoms with van der Waals surface area (Å²) < 4.78 is 19.6. The Hall–Kier alpha value is -1.55. The van der Waals surface area contributed by atoms with Crippen molar-refractivity contribution in [1.29, 1.82) is 0 Å². The van der Waals surface area contributed by atoms with Crippen molar-refractivity contribution in [3.63, 3.8) is 0 Å². The highest BCUT2D eigenvalue weighted by molar-refractivity contribution is 9.10. The molecule has 0 radical (unpaired) electrons. The third-order valence-corrected chi connectivity index (χ3v) is 3.27. The molecular formula is C14H13BrFNO. The molecule has 1 N–H and O–H groups in total. The van der Waals surface area contributed by atoms with E-state index >= 15 is 0 Å². The number of nitrogens with one attached hydrogen (secondary N) is 1. The number of anilines is 1. The van der Waals surface area contributed by atoms with Gasteiger partial charge < -0.3 is 10.1 Å². The molecule has 0 saturated heterocycles. The van der Waals surface area contributed by atoms with Gasteiger partial charge in [-0.3, -0.25) is 0 Å². The molecule has 0 bridgehead atoms. The minimum absolute atomic E-state index is 0.278. The third kappa shape index (κ3) is 2.82. The molecular weight excluding hydrogens is 297 g/mol. The van der Waals surface area contributed by atoms with E-state index in [4.69, 9.17) is 4.74 Å². The quantitative estimate of drug-likeness (QED) is 0.913. The molecule has 2 rings (SSSR count). The van der Waals surface area contributed by atoms with E-state index in [9.17, 15) is 4.39 Å². The molecule has 0 fully saturated rings. The van der Waals surface area contributed by atoms with Gasteiger partial charge in [-0.2, -0.15) is 0 Å². The number of benzene rings is 2. The summed E-state index contributed by atoms with van der Waals surface area (Å²) in [6.07, 6.45) is 0. The summed E-state index contributed by atoms with van der Waals surface area (Å²) in [6, 6.07) is 12.5. The van der Waals surface area contributed by atoms with Crippen LogP contribution in [0.25, 0.3) is 0 Å². The lowest BCUT2D eigenvalue weighted by atomic mass is 10.2. The minimum Gasteiger partial charge on any atom is -0.496 e. The van der Waals surface area contributed by atoms with Crippen LogP contribution in [0.4, 0.5) is 10.1 Å². The summed E-state index contributed by atoms with van der Waals surface area (Å²) in [5.41, 5.74) is 1.44. The molecule has 0 aliphatic heterocycles. The van der Waals surface area contributed by atoms with Crippen molar-refractivity contribution in [2.45, 2.75) is 6.54 Å². The van der Waals surface area contributed by atoms with Gasteiger partial charge in [0, 0.05) is 16.6 Å². The maximum absolute atomic E-state index is 13.6. The molecule has 2 nitrogen and oxygen atoms in total. The maximum atomic E-state index is 13.6. The van der Waals surface area contributed by atoms with Crippen LogP contribution in [0.3, 0.4) is 0 Å². The number of halogens is 2. The zero-order valence-electron chi connectivity index (χ0n) is 9.91. The van der Waals surface area contributed by atoms with Crippen LogP contribution in [0.15, 0.2) is 46.9 Å². The minimum atomic E-state index is -0.278. The highest BCUT2D eigenvalue weighted by Crippen LogP contribution is 2.26. The molecule has 0 amide bonds. The smallest absolute Gasteiger partial charge is 0.147 e. The Balaban J connectivity index is 2.16. The van der Waals surface area contributed by atoms with Crippen molar-refractivity contribution in [2.75, 3.05) is 12.4 Å². The van der Waals surface area contributed by atoms with Gasteiger partial charge in [-0.1, -0.05) is 24.3 Å². The molecule has 2 aromatic carbocycles. The summed E-state index contributed by atoms with van der Waals surface area (Å²) in [5.74, 6) is 0.511. The predicted octanol–water partition coefficient (Wildman–Crippen LogP) is 4.21. The molecule has 0 unspecified atom stereocenters. The van der Waals surface area contributed by atoms with Gasteiger partial charge >= 0.3 is 0 Å². The lowest BCUT2D eigenvalue weighted by molar-refractivity contribution is 0.410. The van der Waals surface area contributed by atoms with Crippen LogP contribution in [0.1, 0.15) is 5.56 Å². The van der Waals surface area contributed by atoms with E-state index in [-0.39, 0.29) is 5.82 Å². The molecule has 0 aliphatic carbocycles. The molecule has 94 valence electrons. The first-order valence-corrected chi connectivity index (χ1v) is 6.31. The molecule has 0 aromatic heterocycles. The van der Waals surface area contributed by atoms with Crippen LogP contribution in [-0.2, 0) is 6.54 Å². The van der Waals surface area contributed by atoms with Crippen LogP contribution in [0.2, 0.25) is 0 Å². The van der Waals surface area contributed by atoms with Gasteiger partial charge in [-0.15, -0.1) is 0 Å². The first kappa shape index (κ1) is 12.9. The molecule has 0 saturated carbocycles. The van der Waals surface area contributed by atoms with Crippen molar-refractivity contribution in [2.24, 2.45) is 0 Å². The number of para-hydroxylation sites is 2. The first-order chi connectivity index (χ1) is 8.72. The maximum Gasteiger partial charge on any atom is 0.147 e. The average Bonchev–Trinajstić information content (AvgIpc) is 2.38. The fraction of sp³-hybridized carbons (Fsp3) is 0.143. The Morgan fingerprint density at radius 1 is 1.17 bits per heavy atom. The van der Waals surface area contributed by atoms with Gasteiger partial charge in [0.15, 0.2) is 0 Å². The van der Waals surface area contributed by atoms with E-state index in [1.807, 2.05) is 24.3 Å². The molecule has 0 heterocycles. The molecule has 4 heteroatoms. The topological polar surface area (TPSA) is 21.3 Å². The van der Waals surface area contributed by atoms with E-state index in [1.54, 1.807) is 19.2 Å². The second-order valence-electron chi connectivity index (χ2n) is 3.76. The summed E-state index contributed by atoms with van der Waals surface area (Å²) in [5, 5.41) is 3.07. The van der Waals surface area contributed by atoms with Crippen LogP contribution in [-0.4, -0.2) is 7.11 Å². The van der Waals surface area contributed by atoms with Crippen LogP contribution < -0.4 is 10.1 Å². The number of hydrogen-bond acceptors (Lipinski definition) is 2. The van der Waals surface area contributed by atoms with E-state index in [2.05, 4.69) is 21.2 Å². The second kappa shape index (κ2) is 5.87. The van der Waals surface area contributed by atoms with Gasteiger partial charge in [0.2, 0.25) is 0 Å². The lowest BCUT2D eigenvalue weighted by Crippen LogP contribution is -2.03. The van der Waals surface area contributed by atoms with Crippen molar-refractivity contribution < 1.29 is 9.13 Å². The third-order valence-electron chi connectivity index (χ3n) is 2.61. The van der Waals surface area contributed by atoms with Crippen molar-refractivity contribution in [3.8, 4) is 5.75 Å². The number of methoxy groups -OCH3 is 1. The largest absolute Gasteiger partial charge is 0.496 e. The fourth-order valence-corrected chi connectivity index (χ4v) is 2.18. The van der Waals surface area contributed by atoms with E-state index in [0.29, 0.717) is 16.7 Å². The summed E-state index contributed by atoms with van der Waals surface area (Å²) in [6.45, 7) is 0.504. The highest BCUT2D eigenvalue weighted by Gasteiger charge is 2.07. The van der Waals surface area contributed by atoms with Gasteiger partial charge in [0.1, 0.15) is 11.6 Å². The highest BCUT2D eigenvalue weighted by atomic mass is 79.9. The summed E-state index contributed by atoms with van der Waals surface area (Å²) in [7, 11) is 1.62. The summed E-state index contributed by atoms with van der Waals surface area (Å²) >= 11 is 3.32. The van der Waals surface area contributed by atoms with Gasteiger partial charge in [-0.05, 0) is 34.1 Å². The number of ether oxygens (including phenoxy) is 1. The Bertz CT molecular complexity index is 525. The van der Waals surface area contributed by atoms with Crippen LogP contribution >= 0.6 is 15.9 Å². The van der Waals surface area contributed by atoms with Crippen LogP contribution in [0, 0.1) is 5.82 Å². The van der Waals surface area contributed by atoms with E-state index in [0.717, 1.165) is 11.3 Å². The standard InChI is InChI=1S/C14H13BrFNO/c1-18-13-8-3-2-5-10(13)9-17-14-11(15)6-4-7-12(14)16/h2-8,17H,9H2,1H3. The van der Waals surface area contributed by atoms with E-state index < -0.39 is 0 Å². The molecule has 2 aromatic rings. The Kier molecular flexibility index (Phi) is 4.20. The van der Waals surface area contributed by atoms with E-state index in [1.165, 1.54) is 6.07 Å². The number of hydrogen-bond donors (Lipinski definition) is 1. The zero-order valence-corrected chi connectivity index (χ0v) is 11.5. The lowest BCUT2D eigenvalue weighted by Gasteiger charge is -2.12. The fourth-order valence-electron chi connectivity index (χ4n) is 1.70. The van der Waals surface area contributed by atoms with Crippen molar-refractivity contribution in [3.05, 3.63) is 58.3 Å². The van der Waals surface area contributed by atoms with Gasteiger partial charge in [0.05, 0.1) is 12.8 Å². The van der Waals surface area contributed by atoms with Crippen LogP contribution in [0.5, 0.6) is 5.75 Å².